The van der Waals surface area contributed by atoms with E-state index in [1.165, 1.54) is 0 Å². The highest BCUT2D eigenvalue weighted by atomic mass is 16.3. The lowest BCUT2D eigenvalue weighted by Crippen LogP contribution is -2.41. The number of fused-ring (bicyclic) bond motifs is 10. The highest BCUT2D eigenvalue weighted by Crippen LogP contribution is 2.45. The number of furan rings is 1. The van der Waals surface area contributed by atoms with Gasteiger partial charge in [-0.1, -0.05) is 159 Å². The first-order valence-electron chi connectivity index (χ1n) is 22.8. The third kappa shape index (κ3) is 5.90. The van der Waals surface area contributed by atoms with Crippen molar-refractivity contribution in [1.82, 2.24) is 14.0 Å². The van der Waals surface area contributed by atoms with Crippen LogP contribution in [0.25, 0.3) is 88.1 Å². The minimum Gasteiger partial charge on any atom is -0.454 e. The van der Waals surface area contributed by atoms with E-state index < -0.39 is 6.17 Å². The molecule has 1 aliphatic carbocycles. The van der Waals surface area contributed by atoms with Crippen LogP contribution in [0.5, 0.6) is 0 Å². The van der Waals surface area contributed by atoms with Crippen LogP contribution in [-0.4, -0.2) is 32.8 Å². The maximum Gasteiger partial charge on any atom is 0.161 e. The molecule has 318 valence electrons. The first-order valence-corrected chi connectivity index (χ1v) is 22.8. The van der Waals surface area contributed by atoms with Crippen LogP contribution in [0, 0.1) is 23.2 Å². The fourth-order valence-corrected chi connectivity index (χ4v) is 10.8. The van der Waals surface area contributed by atoms with E-state index in [0.717, 1.165) is 105 Å². The number of benzene rings is 8. The number of para-hydroxylation sites is 4. The summed E-state index contributed by atoms with van der Waals surface area (Å²) in [5.41, 5.74) is 12.4. The predicted molar refractivity (Wildman–Crippen MR) is 274 cm³/mol. The van der Waals surface area contributed by atoms with Gasteiger partial charge in [-0.05, 0) is 65.6 Å². The summed E-state index contributed by atoms with van der Waals surface area (Å²) in [7, 11) is 2.11. The first-order chi connectivity index (χ1) is 33.1. The molecule has 1 aliphatic heterocycles. The number of aliphatic imine (C=N–C) groups is 2. The minimum atomic E-state index is -0.409. The fraction of sp³-hybridized carbons (Fsp3) is 0.0833. The molecule has 0 N–H and O–H groups in total. The number of rotatable bonds is 6. The van der Waals surface area contributed by atoms with Gasteiger partial charge in [-0.3, -0.25) is 0 Å². The summed E-state index contributed by atoms with van der Waals surface area (Å²) < 4.78 is 11.4. The molecule has 2 aliphatic rings. The Balaban J connectivity index is 1.11. The van der Waals surface area contributed by atoms with Gasteiger partial charge >= 0.3 is 0 Å². The average molecular weight is 863 g/mol. The normalized spacial score (nSPS) is 17.3. The van der Waals surface area contributed by atoms with Crippen molar-refractivity contribution in [3.63, 3.8) is 0 Å². The lowest BCUT2D eigenvalue weighted by Gasteiger charge is -2.37. The highest BCUT2D eigenvalue weighted by molar-refractivity contribution is 6.27. The molecule has 3 aromatic heterocycles. The first kappa shape index (κ1) is 38.7. The van der Waals surface area contributed by atoms with Crippen LogP contribution >= 0.6 is 0 Å². The van der Waals surface area contributed by atoms with Gasteiger partial charge in [0, 0.05) is 56.4 Å². The number of hydrogen-bond acceptors (Lipinski definition) is 5. The van der Waals surface area contributed by atoms with Crippen LogP contribution in [0.3, 0.4) is 0 Å². The zero-order valence-electron chi connectivity index (χ0n) is 36.9. The predicted octanol–water partition coefficient (Wildman–Crippen LogP) is 14.5. The van der Waals surface area contributed by atoms with Crippen LogP contribution in [0.2, 0.25) is 0 Å². The zero-order chi connectivity index (χ0) is 44.8. The molecule has 7 nitrogen and oxygen atoms in total. The standard InChI is InChI=1S/C60H42N6O/c1-37-17-6-7-20-40(37)59-62-58(63-60(64(59)2)46-24-9-8-21-41(46)39-18-4-3-5-19-39)48-35-38(36-61)31-33-51(48)66-49-27-13-10-22-42(49)44-32-34-52-55(56(44)66)47-25-11-14-28-50(47)65(52)53-29-16-26-45-43-23-12-15-30-54(43)67-57(45)53/h3-35,37,40,60H,1-2H3. The van der Waals surface area contributed by atoms with Gasteiger partial charge in [0.25, 0.3) is 0 Å². The van der Waals surface area contributed by atoms with E-state index in [2.05, 4.69) is 210 Å². The SMILES string of the molecule is CC1C=CC=CC1C1=NC(c2cc(C#N)ccc2-n2c3ccccc3c3ccc4c(c5ccccc5n4-c4cccc5c4oc4ccccc45)c32)=NC(c2ccccc2-c2ccccc2)N1C. The fourth-order valence-electron chi connectivity index (χ4n) is 10.8. The van der Waals surface area contributed by atoms with E-state index in [-0.39, 0.29) is 11.8 Å². The van der Waals surface area contributed by atoms with Crippen molar-refractivity contribution in [2.75, 3.05) is 7.05 Å². The topological polar surface area (TPSA) is 74.7 Å². The second-order valence-electron chi connectivity index (χ2n) is 17.7. The molecule has 0 spiro atoms. The van der Waals surface area contributed by atoms with Gasteiger partial charge in [-0.2, -0.15) is 5.26 Å². The zero-order valence-corrected chi connectivity index (χ0v) is 36.9. The second kappa shape index (κ2) is 15.2. The third-order valence-electron chi connectivity index (χ3n) is 13.9. The van der Waals surface area contributed by atoms with Crippen LogP contribution in [-0.2, 0) is 0 Å². The highest BCUT2D eigenvalue weighted by Gasteiger charge is 2.34. The van der Waals surface area contributed by atoms with Crippen LogP contribution in [0.15, 0.2) is 215 Å². The lowest BCUT2D eigenvalue weighted by atomic mass is 9.87. The molecule has 4 heterocycles. The number of nitrogens with zero attached hydrogens (tertiary/aromatic N) is 6. The molecule has 0 saturated carbocycles. The van der Waals surface area contributed by atoms with Crippen LogP contribution in [0.4, 0.5) is 0 Å². The molecule has 13 rings (SSSR count). The van der Waals surface area contributed by atoms with Gasteiger partial charge in [-0.15, -0.1) is 0 Å². The van der Waals surface area contributed by atoms with E-state index in [1.807, 2.05) is 24.3 Å². The van der Waals surface area contributed by atoms with Gasteiger partial charge in [0.2, 0.25) is 0 Å². The Morgan fingerprint density at radius 1 is 0.582 bits per heavy atom. The summed E-state index contributed by atoms with van der Waals surface area (Å²) in [6.07, 6.45) is 8.33. The molecular formula is C60H42N6O. The lowest BCUT2D eigenvalue weighted by molar-refractivity contribution is 0.358. The van der Waals surface area contributed by atoms with E-state index in [9.17, 15) is 5.26 Å². The Kier molecular flexibility index (Phi) is 8.77. The van der Waals surface area contributed by atoms with E-state index in [1.54, 1.807) is 0 Å². The Morgan fingerprint density at radius 3 is 2.13 bits per heavy atom. The van der Waals surface area contributed by atoms with Crippen molar-refractivity contribution in [2.45, 2.75) is 13.1 Å². The minimum absolute atomic E-state index is 0.00434. The van der Waals surface area contributed by atoms with Gasteiger partial charge in [0.15, 0.2) is 17.6 Å². The maximum atomic E-state index is 10.6. The van der Waals surface area contributed by atoms with Gasteiger partial charge < -0.3 is 18.5 Å². The third-order valence-corrected chi connectivity index (χ3v) is 13.9. The van der Waals surface area contributed by atoms with Crippen molar-refractivity contribution >= 4 is 77.2 Å². The monoisotopic (exact) mass is 862 g/mol. The molecular weight excluding hydrogens is 821 g/mol. The van der Waals surface area contributed by atoms with Crippen LogP contribution in [0.1, 0.15) is 29.8 Å². The number of aromatic nitrogens is 2. The molecule has 3 atom stereocenters. The number of amidine groups is 2. The van der Waals surface area contributed by atoms with Crippen molar-refractivity contribution < 1.29 is 4.42 Å². The van der Waals surface area contributed by atoms with Gasteiger partial charge in [0.05, 0.1) is 45.1 Å². The summed E-state index contributed by atoms with van der Waals surface area (Å²) in [5.74, 6) is 1.71. The Hall–Kier alpha value is -8.73. The molecule has 0 amide bonds. The average Bonchev–Trinajstić information content (AvgIpc) is 4.05. The molecule has 11 aromatic rings. The maximum absolute atomic E-state index is 10.6. The summed E-state index contributed by atoms with van der Waals surface area (Å²) in [5, 5.41) is 17.2. The smallest absolute Gasteiger partial charge is 0.161 e. The Labute approximate surface area is 386 Å². The second-order valence-corrected chi connectivity index (χ2v) is 17.7. The molecule has 67 heavy (non-hydrogen) atoms. The summed E-state index contributed by atoms with van der Waals surface area (Å²) in [6, 6.07) is 64.0. The summed E-state index contributed by atoms with van der Waals surface area (Å²) in [6.45, 7) is 2.25. The van der Waals surface area contributed by atoms with Crippen molar-refractivity contribution in [3.05, 3.63) is 217 Å². The number of hydrogen-bond donors (Lipinski definition) is 0. The molecule has 0 radical (unpaired) electrons. The molecule has 0 bridgehead atoms. The van der Waals surface area contributed by atoms with Crippen molar-refractivity contribution in [3.8, 4) is 28.6 Å². The Morgan fingerprint density at radius 2 is 1.30 bits per heavy atom. The van der Waals surface area contributed by atoms with E-state index in [4.69, 9.17) is 14.4 Å². The molecule has 7 heteroatoms. The van der Waals surface area contributed by atoms with Crippen LogP contribution < -0.4 is 0 Å². The summed E-state index contributed by atoms with van der Waals surface area (Å²) in [4.78, 5) is 13.4. The molecule has 3 unspecified atom stereocenters. The quantitative estimate of drug-likeness (QED) is 0.167. The number of nitriles is 1. The molecule has 0 saturated heterocycles. The van der Waals surface area contributed by atoms with E-state index in [0.29, 0.717) is 11.4 Å². The van der Waals surface area contributed by atoms with Crippen molar-refractivity contribution in [2.24, 2.45) is 21.8 Å². The molecule has 0 fully saturated rings. The van der Waals surface area contributed by atoms with Crippen molar-refractivity contribution in [1.29, 1.82) is 5.26 Å². The Bertz CT molecular complexity index is 4000. The number of allylic oxidation sites excluding steroid dienone is 3. The summed E-state index contributed by atoms with van der Waals surface area (Å²) >= 11 is 0. The van der Waals surface area contributed by atoms with Gasteiger partial charge in [-0.25, -0.2) is 9.98 Å². The molecule has 8 aromatic carbocycles. The van der Waals surface area contributed by atoms with Gasteiger partial charge in [0.1, 0.15) is 11.4 Å². The largest absolute Gasteiger partial charge is 0.454 e. The van der Waals surface area contributed by atoms with E-state index >= 15 is 0 Å².